The molecule has 136 valence electrons. The highest BCUT2D eigenvalue weighted by molar-refractivity contribution is 5.95. The topological polar surface area (TPSA) is 89.1 Å². The van der Waals surface area contributed by atoms with Gasteiger partial charge in [0.05, 0.1) is 17.5 Å². The molecule has 26 heavy (non-hydrogen) atoms. The van der Waals surface area contributed by atoms with E-state index in [0.717, 1.165) is 5.52 Å². The normalized spacial score (nSPS) is 11.0. The Bertz CT molecular complexity index is 997. The van der Waals surface area contributed by atoms with Crippen molar-refractivity contribution < 1.29 is 9.18 Å². The fourth-order valence-electron chi connectivity index (χ4n) is 3.00. The van der Waals surface area contributed by atoms with E-state index in [1.165, 1.54) is 13.1 Å². The summed E-state index contributed by atoms with van der Waals surface area (Å²) in [7, 11) is 5.09. The Morgan fingerprint density at radius 2 is 2.12 bits per heavy atom. The molecule has 0 radical (unpaired) electrons. The Morgan fingerprint density at radius 1 is 1.38 bits per heavy atom. The number of nitrogen functional groups attached to an aromatic ring is 1. The smallest absolute Gasteiger partial charge is 0.251 e. The Hall–Kier alpha value is -3.16. The fraction of sp³-hybridized carbons (Fsp3) is 0.278. The summed E-state index contributed by atoms with van der Waals surface area (Å²) < 4.78 is 16.7. The van der Waals surface area contributed by atoms with Crippen LogP contribution >= 0.6 is 0 Å². The predicted octanol–water partition coefficient (Wildman–Crippen LogP) is 2.38. The zero-order valence-electron chi connectivity index (χ0n) is 15.2. The lowest BCUT2D eigenvalue weighted by atomic mass is 10.0. The van der Waals surface area contributed by atoms with Gasteiger partial charge in [0.15, 0.2) is 5.82 Å². The van der Waals surface area contributed by atoms with Gasteiger partial charge in [-0.3, -0.25) is 4.79 Å². The third kappa shape index (κ3) is 2.83. The molecule has 0 aliphatic carbocycles. The van der Waals surface area contributed by atoms with Crippen LogP contribution in [0.5, 0.6) is 0 Å². The summed E-state index contributed by atoms with van der Waals surface area (Å²) in [4.78, 5) is 22.1. The number of anilines is 3. The molecule has 2 heterocycles. The summed E-state index contributed by atoms with van der Waals surface area (Å²) >= 11 is 0. The number of nitrogens with zero attached hydrogens (tertiary/aromatic N) is 4. The molecule has 3 rings (SSSR count). The number of aryl methyl sites for hydroxylation is 2. The van der Waals surface area contributed by atoms with Gasteiger partial charge in [-0.25, -0.2) is 14.4 Å². The number of hydrogen-bond donors (Lipinski definition) is 2. The molecule has 8 heteroatoms. The molecule has 2 aromatic heterocycles. The third-order valence-electron chi connectivity index (χ3n) is 4.42. The largest absolute Gasteiger partial charge is 0.382 e. The van der Waals surface area contributed by atoms with Crippen molar-refractivity contribution >= 4 is 34.3 Å². The van der Waals surface area contributed by atoms with Crippen LogP contribution in [0.3, 0.4) is 0 Å². The molecule has 0 spiro atoms. The maximum absolute atomic E-state index is 14.9. The van der Waals surface area contributed by atoms with Crippen molar-refractivity contribution in [3.63, 3.8) is 0 Å². The van der Waals surface area contributed by atoms with Gasteiger partial charge >= 0.3 is 0 Å². The molecule has 1 aromatic carbocycles. The number of nitrogens with one attached hydrogen (secondary N) is 1. The number of hydrogen-bond acceptors (Lipinski definition) is 5. The van der Waals surface area contributed by atoms with Crippen LogP contribution in [0.15, 0.2) is 24.5 Å². The lowest BCUT2D eigenvalue weighted by Crippen LogP contribution is -2.20. The van der Waals surface area contributed by atoms with E-state index in [4.69, 9.17) is 5.73 Å². The Labute approximate surface area is 150 Å². The van der Waals surface area contributed by atoms with Crippen LogP contribution in [-0.2, 0) is 13.5 Å². The van der Waals surface area contributed by atoms with E-state index in [-0.39, 0.29) is 17.3 Å². The predicted molar refractivity (Wildman–Crippen MR) is 100 cm³/mol. The zero-order chi connectivity index (χ0) is 19.0. The van der Waals surface area contributed by atoms with Crippen molar-refractivity contribution in [3.8, 4) is 0 Å². The van der Waals surface area contributed by atoms with Gasteiger partial charge < -0.3 is 20.5 Å². The molecule has 3 N–H and O–H groups in total. The Kier molecular flexibility index (Phi) is 4.50. The number of imidazole rings is 1. The number of fused-ring (bicyclic) bond motifs is 1. The molecule has 3 aromatic rings. The number of carbonyl (C=O) groups excluding carboxylic acids is 1. The highest BCUT2D eigenvalue weighted by Crippen LogP contribution is 2.32. The minimum absolute atomic E-state index is 0.283. The standard InChI is InChI=1S/C18H21FN6O/c1-5-10-6-11(18(26)21-2)7-12(19)16(10)25(4)14-8-13-15(17(20)23-14)22-9-24(13)3/h6-9H,5H2,1-4H3,(H2,20,23)(H,21,26). The van der Waals surface area contributed by atoms with Gasteiger partial charge in [0.25, 0.3) is 5.91 Å². The van der Waals surface area contributed by atoms with E-state index in [1.807, 2.05) is 24.6 Å². The van der Waals surface area contributed by atoms with Crippen molar-refractivity contribution in [1.82, 2.24) is 19.9 Å². The number of carbonyl (C=O) groups is 1. The fourth-order valence-corrected chi connectivity index (χ4v) is 3.00. The first-order valence-electron chi connectivity index (χ1n) is 8.23. The minimum Gasteiger partial charge on any atom is -0.382 e. The first-order chi connectivity index (χ1) is 12.4. The third-order valence-corrected chi connectivity index (χ3v) is 4.42. The molecular formula is C18H21FN6O. The SMILES string of the molecule is CCc1cc(C(=O)NC)cc(F)c1N(C)c1cc2c(ncn2C)c(N)n1. The quantitative estimate of drug-likeness (QED) is 0.749. The van der Waals surface area contributed by atoms with Crippen LogP contribution < -0.4 is 16.0 Å². The second-order valence-corrected chi connectivity index (χ2v) is 6.05. The van der Waals surface area contributed by atoms with Gasteiger partial charge in [0, 0.05) is 32.8 Å². The van der Waals surface area contributed by atoms with E-state index >= 15 is 0 Å². The molecule has 0 aliphatic rings. The highest BCUT2D eigenvalue weighted by atomic mass is 19.1. The number of pyridine rings is 1. The molecule has 0 saturated heterocycles. The summed E-state index contributed by atoms with van der Waals surface area (Å²) in [5.41, 5.74) is 8.79. The Balaban J connectivity index is 2.14. The summed E-state index contributed by atoms with van der Waals surface area (Å²) in [5.74, 6) is -0.0346. The average Bonchev–Trinajstić information content (AvgIpc) is 3.01. The molecule has 1 amide bonds. The second-order valence-electron chi connectivity index (χ2n) is 6.05. The van der Waals surface area contributed by atoms with Crippen LogP contribution in [0.2, 0.25) is 0 Å². The van der Waals surface area contributed by atoms with Gasteiger partial charge in [-0.05, 0) is 24.1 Å². The molecule has 0 saturated carbocycles. The van der Waals surface area contributed by atoms with Crippen LogP contribution in [0.25, 0.3) is 11.0 Å². The summed E-state index contributed by atoms with van der Waals surface area (Å²) in [6, 6.07) is 4.74. The van der Waals surface area contributed by atoms with Crippen molar-refractivity contribution in [1.29, 1.82) is 0 Å². The van der Waals surface area contributed by atoms with Crippen LogP contribution in [0.1, 0.15) is 22.8 Å². The van der Waals surface area contributed by atoms with E-state index in [2.05, 4.69) is 15.3 Å². The van der Waals surface area contributed by atoms with Crippen molar-refractivity contribution in [3.05, 3.63) is 41.5 Å². The molecule has 0 bridgehead atoms. The molecule has 0 aliphatic heterocycles. The minimum atomic E-state index is -0.490. The van der Waals surface area contributed by atoms with E-state index < -0.39 is 5.82 Å². The first kappa shape index (κ1) is 17.7. The molecule has 0 atom stereocenters. The lowest BCUT2D eigenvalue weighted by molar-refractivity contribution is 0.0962. The Morgan fingerprint density at radius 3 is 2.77 bits per heavy atom. The van der Waals surface area contributed by atoms with Crippen LogP contribution in [0.4, 0.5) is 21.7 Å². The van der Waals surface area contributed by atoms with Gasteiger partial charge in [-0.2, -0.15) is 0 Å². The van der Waals surface area contributed by atoms with Gasteiger partial charge in [-0.15, -0.1) is 0 Å². The number of aromatic nitrogens is 3. The monoisotopic (exact) mass is 356 g/mol. The number of rotatable bonds is 4. The summed E-state index contributed by atoms with van der Waals surface area (Å²) in [6.07, 6.45) is 2.22. The maximum atomic E-state index is 14.9. The summed E-state index contributed by atoms with van der Waals surface area (Å²) in [5, 5.41) is 2.51. The number of amides is 1. The van der Waals surface area contributed by atoms with E-state index in [1.54, 1.807) is 24.3 Å². The van der Waals surface area contributed by atoms with Gasteiger partial charge in [0.1, 0.15) is 17.2 Å². The maximum Gasteiger partial charge on any atom is 0.251 e. The van der Waals surface area contributed by atoms with E-state index in [9.17, 15) is 9.18 Å². The molecule has 0 fully saturated rings. The number of nitrogens with two attached hydrogens (primary N) is 1. The average molecular weight is 356 g/mol. The molecule has 7 nitrogen and oxygen atoms in total. The first-order valence-corrected chi connectivity index (χ1v) is 8.23. The molecular weight excluding hydrogens is 335 g/mol. The van der Waals surface area contributed by atoms with E-state index in [0.29, 0.717) is 29.0 Å². The van der Waals surface area contributed by atoms with Gasteiger partial charge in [-0.1, -0.05) is 6.92 Å². The molecule has 0 unspecified atom stereocenters. The second kappa shape index (κ2) is 6.62. The van der Waals surface area contributed by atoms with Crippen LogP contribution in [0, 0.1) is 5.82 Å². The van der Waals surface area contributed by atoms with Crippen molar-refractivity contribution in [2.45, 2.75) is 13.3 Å². The summed E-state index contributed by atoms with van der Waals surface area (Å²) in [6.45, 7) is 1.91. The lowest BCUT2D eigenvalue weighted by Gasteiger charge is -2.23. The van der Waals surface area contributed by atoms with Gasteiger partial charge in [0.2, 0.25) is 0 Å². The number of benzene rings is 1. The van der Waals surface area contributed by atoms with Crippen molar-refractivity contribution in [2.24, 2.45) is 7.05 Å². The number of halogens is 1. The van der Waals surface area contributed by atoms with Crippen LogP contribution in [-0.4, -0.2) is 34.5 Å². The zero-order valence-corrected chi connectivity index (χ0v) is 15.2. The highest BCUT2D eigenvalue weighted by Gasteiger charge is 2.20. The van der Waals surface area contributed by atoms with Crippen molar-refractivity contribution in [2.75, 3.05) is 24.7 Å².